The molecule has 0 aromatic heterocycles. The fraction of sp³-hybridized carbons (Fsp3) is 0.467. The quantitative estimate of drug-likeness (QED) is 0.853. The zero-order chi connectivity index (χ0) is 15.7. The Morgan fingerprint density at radius 3 is 2.20 bits per heavy atom. The van der Waals surface area contributed by atoms with Crippen molar-refractivity contribution in [3.8, 4) is 6.07 Å². The lowest BCUT2D eigenvalue weighted by molar-refractivity contribution is -0.121. The molecule has 20 heavy (non-hydrogen) atoms. The maximum absolute atomic E-state index is 12.4. The number of hydrogen-bond acceptors (Lipinski definition) is 4. The predicted octanol–water partition coefficient (Wildman–Crippen LogP) is 2.30. The van der Waals surface area contributed by atoms with Gasteiger partial charge in [-0.1, -0.05) is 18.2 Å². The van der Waals surface area contributed by atoms with Gasteiger partial charge in [0.1, 0.15) is 10.7 Å². The number of nitrogens with zero attached hydrogens (tertiary/aromatic N) is 1. The van der Waals surface area contributed by atoms with Crippen LogP contribution in [0.25, 0.3) is 0 Å². The van der Waals surface area contributed by atoms with Crippen molar-refractivity contribution in [1.82, 2.24) is 0 Å². The molecule has 0 saturated heterocycles. The summed E-state index contributed by atoms with van der Waals surface area (Å²) in [5.41, 5.74) is 2.56. The first-order chi connectivity index (χ1) is 9.02. The summed E-state index contributed by atoms with van der Waals surface area (Å²) in [6.45, 7) is 6.51. The third kappa shape index (κ3) is 2.91. The van der Waals surface area contributed by atoms with Crippen LogP contribution in [0.5, 0.6) is 0 Å². The van der Waals surface area contributed by atoms with Crippen LogP contribution >= 0.6 is 0 Å². The first-order valence-corrected chi connectivity index (χ1v) is 8.12. The second-order valence-electron chi connectivity index (χ2n) is 5.55. The van der Waals surface area contributed by atoms with Crippen molar-refractivity contribution in [3.63, 3.8) is 0 Å². The molecule has 0 aliphatic heterocycles. The topological polar surface area (TPSA) is 75.0 Å². The fourth-order valence-corrected chi connectivity index (χ4v) is 2.24. The van der Waals surface area contributed by atoms with Gasteiger partial charge in [0.25, 0.3) is 0 Å². The fourth-order valence-electron chi connectivity index (χ4n) is 1.76. The second kappa shape index (κ2) is 5.37. The lowest BCUT2D eigenvalue weighted by atomic mass is 9.88. The predicted molar refractivity (Wildman–Crippen MR) is 78.2 cm³/mol. The van der Waals surface area contributed by atoms with Gasteiger partial charge in [0.05, 0.1) is 6.07 Å². The summed E-state index contributed by atoms with van der Waals surface area (Å²) in [6.07, 6.45) is 1.01. The maximum Gasteiger partial charge on any atom is 0.175 e. The Morgan fingerprint density at radius 2 is 1.80 bits per heavy atom. The molecule has 1 unspecified atom stereocenters. The van der Waals surface area contributed by atoms with Crippen LogP contribution in [0.1, 0.15) is 36.5 Å². The maximum atomic E-state index is 12.4. The van der Waals surface area contributed by atoms with Gasteiger partial charge in [-0.25, -0.2) is 8.42 Å². The summed E-state index contributed by atoms with van der Waals surface area (Å²) in [7, 11) is -3.58. The van der Waals surface area contributed by atoms with E-state index in [4.69, 9.17) is 0 Å². The van der Waals surface area contributed by atoms with Gasteiger partial charge in [-0.3, -0.25) is 4.79 Å². The first kappa shape index (κ1) is 16.4. The number of nitriles is 1. The van der Waals surface area contributed by atoms with Crippen molar-refractivity contribution in [2.24, 2.45) is 0 Å². The molecular weight excluding hydrogens is 274 g/mol. The number of benzene rings is 1. The molecule has 1 aromatic carbocycles. The van der Waals surface area contributed by atoms with Gasteiger partial charge in [-0.05, 0) is 44.4 Å². The van der Waals surface area contributed by atoms with Gasteiger partial charge in [0.15, 0.2) is 15.6 Å². The van der Waals surface area contributed by atoms with Gasteiger partial charge in [-0.2, -0.15) is 5.26 Å². The molecule has 0 aliphatic rings. The molecule has 4 nitrogen and oxygen atoms in total. The highest BCUT2D eigenvalue weighted by molar-refractivity contribution is 7.92. The lowest BCUT2D eigenvalue weighted by Crippen LogP contribution is -2.42. The number of ketones is 1. The van der Waals surface area contributed by atoms with E-state index in [0.717, 1.165) is 17.4 Å². The summed E-state index contributed by atoms with van der Waals surface area (Å²) in [5, 5.41) is 9.27. The smallest absolute Gasteiger partial charge is 0.175 e. The molecule has 0 fully saturated rings. The van der Waals surface area contributed by atoms with E-state index in [-0.39, 0.29) is 0 Å². The molecule has 0 bridgehead atoms. The molecular formula is C15H19NO3S. The van der Waals surface area contributed by atoms with Gasteiger partial charge in [-0.15, -0.1) is 0 Å². The van der Waals surface area contributed by atoms with E-state index in [9.17, 15) is 18.5 Å². The van der Waals surface area contributed by atoms with Crippen molar-refractivity contribution in [2.45, 2.75) is 38.4 Å². The zero-order valence-electron chi connectivity index (χ0n) is 12.4. The van der Waals surface area contributed by atoms with Crippen LogP contribution in [0, 0.1) is 25.2 Å². The Bertz CT molecular complexity index is 682. The average Bonchev–Trinajstić information content (AvgIpc) is 2.33. The Hall–Kier alpha value is -1.67. The minimum atomic E-state index is -3.58. The second-order valence-corrected chi connectivity index (χ2v) is 8.12. The Balaban J connectivity index is 3.31. The third-order valence-electron chi connectivity index (χ3n) is 3.78. The van der Waals surface area contributed by atoms with Crippen molar-refractivity contribution >= 4 is 15.6 Å². The van der Waals surface area contributed by atoms with E-state index in [2.05, 4.69) is 0 Å². The van der Waals surface area contributed by atoms with Crippen molar-refractivity contribution < 1.29 is 13.2 Å². The Morgan fingerprint density at radius 1 is 1.25 bits per heavy atom. The van der Waals surface area contributed by atoms with Gasteiger partial charge in [0.2, 0.25) is 0 Å². The average molecular weight is 293 g/mol. The molecule has 0 saturated carbocycles. The van der Waals surface area contributed by atoms with Crippen molar-refractivity contribution in [1.29, 1.82) is 5.26 Å². The number of carbonyl (C=O) groups is 1. The van der Waals surface area contributed by atoms with E-state index in [1.807, 2.05) is 26.0 Å². The number of rotatable bonds is 4. The standard InChI is InChI=1S/C15H19NO3S/c1-10-6-7-12(8-11(10)2)13(9-16)14(17)15(3,4)20(5,18)19/h6-8,13H,1-5H3. The molecule has 5 heteroatoms. The molecule has 0 aliphatic carbocycles. The van der Waals surface area contributed by atoms with Crippen LogP contribution in [-0.4, -0.2) is 25.2 Å². The SMILES string of the molecule is Cc1ccc(C(C#N)C(=O)C(C)(C)S(C)(=O)=O)cc1C. The van der Waals surface area contributed by atoms with Crippen LogP contribution in [0.2, 0.25) is 0 Å². The highest BCUT2D eigenvalue weighted by Crippen LogP contribution is 2.28. The van der Waals surface area contributed by atoms with Crippen LogP contribution in [0.4, 0.5) is 0 Å². The number of carbonyl (C=O) groups excluding carboxylic acids is 1. The largest absolute Gasteiger partial charge is 0.296 e. The highest BCUT2D eigenvalue weighted by atomic mass is 32.2. The van der Waals surface area contributed by atoms with Crippen molar-refractivity contribution in [3.05, 3.63) is 34.9 Å². The van der Waals surface area contributed by atoms with E-state index in [1.165, 1.54) is 13.8 Å². The van der Waals surface area contributed by atoms with Crippen LogP contribution < -0.4 is 0 Å². The van der Waals surface area contributed by atoms with Crippen LogP contribution in [-0.2, 0) is 14.6 Å². The molecule has 0 radical (unpaired) electrons. The summed E-state index contributed by atoms with van der Waals surface area (Å²) >= 11 is 0. The summed E-state index contributed by atoms with van der Waals surface area (Å²) in [6, 6.07) is 7.22. The molecule has 0 heterocycles. The number of sulfone groups is 1. The van der Waals surface area contributed by atoms with Gasteiger partial charge in [0, 0.05) is 6.26 Å². The van der Waals surface area contributed by atoms with Gasteiger partial charge >= 0.3 is 0 Å². The molecule has 0 amide bonds. The van der Waals surface area contributed by atoms with Crippen LogP contribution in [0.3, 0.4) is 0 Å². The monoisotopic (exact) mass is 293 g/mol. The highest BCUT2D eigenvalue weighted by Gasteiger charge is 2.42. The minimum absolute atomic E-state index is 0.539. The third-order valence-corrected chi connectivity index (χ3v) is 5.83. The number of aryl methyl sites for hydroxylation is 2. The molecule has 0 spiro atoms. The molecule has 0 N–H and O–H groups in total. The molecule has 1 rings (SSSR count). The van der Waals surface area contributed by atoms with Crippen molar-refractivity contribution in [2.75, 3.05) is 6.26 Å². The zero-order valence-corrected chi connectivity index (χ0v) is 13.2. The molecule has 1 aromatic rings. The molecule has 108 valence electrons. The summed E-state index contributed by atoms with van der Waals surface area (Å²) in [4.78, 5) is 12.4. The van der Waals surface area contributed by atoms with Gasteiger partial charge < -0.3 is 0 Å². The van der Waals surface area contributed by atoms with E-state index in [0.29, 0.717) is 5.56 Å². The normalized spacial score (nSPS) is 13.6. The Labute approximate surface area is 120 Å². The summed E-state index contributed by atoms with van der Waals surface area (Å²) in [5.74, 6) is -1.66. The number of Topliss-reactive ketones (excluding diaryl/α,β-unsaturated/α-hetero) is 1. The number of hydrogen-bond donors (Lipinski definition) is 0. The minimum Gasteiger partial charge on any atom is -0.296 e. The van der Waals surface area contributed by atoms with E-state index < -0.39 is 26.3 Å². The first-order valence-electron chi connectivity index (χ1n) is 6.23. The summed E-state index contributed by atoms with van der Waals surface area (Å²) < 4.78 is 21.9. The molecule has 1 atom stereocenters. The van der Waals surface area contributed by atoms with E-state index in [1.54, 1.807) is 12.1 Å². The Kier molecular flexibility index (Phi) is 4.40. The van der Waals surface area contributed by atoms with E-state index >= 15 is 0 Å². The lowest BCUT2D eigenvalue weighted by Gasteiger charge is -2.23. The van der Waals surface area contributed by atoms with Crippen LogP contribution in [0.15, 0.2) is 18.2 Å².